The molecule has 0 saturated carbocycles. The van der Waals surface area contributed by atoms with Crippen molar-refractivity contribution in [3.8, 4) is 11.5 Å². The smallest absolute Gasteiger partial charge is 0.338 e. The van der Waals surface area contributed by atoms with Crippen LogP contribution in [-0.2, 0) is 33.6 Å². The normalized spacial score (nSPS) is 11.2. The lowest BCUT2D eigenvalue weighted by atomic mass is 9.95. The zero-order valence-corrected chi connectivity index (χ0v) is 32.1. The van der Waals surface area contributed by atoms with Crippen molar-refractivity contribution in [2.45, 2.75) is 45.6 Å². The van der Waals surface area contributed by atoms with Gasteiger partial charge in [0.25, 0.3) is 5.91 Å². The second-order valence-corrected chi connectivity index (χ2v) is 13.7. The molecule has 296 valence electrons. The SMILES string of the molecule is C=CCOC(=O)c1ccc(CC(=O)c2ccc(CC(=O)c3ccc(CC(=O)[C@H](CC(N)=O)NC(=O)c4ccc(N)cc4)cc3)c(OCC(C)C)c2OCC=C)cc1. The van der Waals surface area contributed by atoms with Crippen molar-refractivity contribution in [1.29, 1.82) is 0 Å². The maximum absolute atomic E-state index is 13.7. The monoisotopic (exact) mass is 773 g/mol. The highest BCUT2D eigenvalue weighted by molar-refractivity contribution is 6.03. The van der Waals surface area contributed by atoms with Crippen molar-refractivity contribution >= 4 is 40.8 Å². The summed E-state index contributed by atoms with van der Waals surface area (Å²) < 4.78 is 17.3. The van der Waals surface area contributed by atoms with Gasteiger partial charge in [0, 0.05) is 41.6 Å². The van der Waals surface area contributed by atoms with Crippen LogP contribution in [-0.4, -0.2) is 61.0 Å². The number of carbonyl (C=O) groups is 6. The second kappa shape index (κ2) is 20.7. The number of Topliss-reactive ketones (excluding diaryl/α,β-unsaturated/α-hetero) is 3. The first-order chi connectivity index (χ1) is 27.3. The molecule has 5 N–H and O–H groups in total. The van der Waals surface area contributed by atoms with E-state index in [1.165, 1.54) is 18.2 Å². The van der Waals surface area contributed by atoms with Crippen molar-refractivity contribution in [3.05, 3.63) is 149 Å². The predicted molar refractivity (Wildman–Crippen MR) is 217 cm³/mol. The summed E-state index contributed by atoms with van der Waals surface area (Å²) >= 11 is 0. The van der Waals surface area contributed by atoms with Gasteiger partial charge >= 0.3 is 5.97 Å². The lowest BCUT2D eigenvalue weighted by Gasteiger charge is -2.20. The molecule has 0 aliphatic heterocycles. The summed E-state index contributed by atoms with van der Waals surface area (Å²) in [5, 5.41) is 2.58. The van der Waals surface area contributed by atoms with Crippen LogP contribution >= 0.6 is 0 Å². The predicted octanol–water partition coefficient (Wildman–Crippen LogP) is 5.85. The minimum absolute atomic E-state index is 0.00140. The third-order valence-corrected chi connectivity index (χ3v) is 8.56. The van der Waals surface area contributed by atoms with Gasteiger partial charge in [-0.25, -0.2) is 4.79 Å². The van der Waals surface area contributed by atoms with E-state index in [1.807, 2.05) is 13.8 Å². The van der Waals surface area contributed by atoms with E-state index in [0.29, 0.717) is 33.5 Å². The number of anilines is 1. The van der Waals surface area contributed by atoms with E-state index in [4.69, 9.17) is 25.7 Å². The fraction of sp³-hybridized carbons (Fsp3) is 0.244. The minimum Gasteiger partial charge on any atom is -0.489 e. The van der Waals surface area contributed by atoms with E-state index >= 15 is 0 Å². The molecule has 0 radical (unpaired) electrons. The molecule has 4 rings (SSSR count). The molecule has 0 unspecified atom stereocenters. The number of ketones is 3. The largest absolute Gasteiger partial charge is 0.489 e. The average molecular weight is 774 g/mol. The number of nitrogens with one attached hydrogen (secondary N) is 1. The number of hydrogen-bond acceptors (Lipinski definition) is 10. The summed E-state index contributed by atoms with van der Waals surface area (Å²) in [5.74, 6) is -2.20. The summed E-state index contributed by atoms with van der Waals surface area (Å²) in [6.07, 6.45) is 2.41. The molecule has 0 bridgehead atoms. The summed E-state index contributed by atoms with van der Waals surface area (Å²) in [6, 6.07) is 21.2. The van der Waals surface area contributed by atoms with Crippen LogP contribution < -0.4 is 26.3 Å². The van der Waals surface area contributed by atoms with Crippen molar-refractivity contribution < 1.29 is 43.0 Å². The van der Waals surface area contributed by atoms with Gasteiger partial charge in [0.2, 0.25) is 5.91 Å². The molecule has 0 spiro atoms. The van der Waals surface area contributed by atoms with Crippen LogP contribution in [0.5, 0.6) is 11.5 Å². The Labute approximate surface area is 331 Å². The highest BCUT2D eigenvalue weighted by Gasteiger charge is 2.25. The third kappa shape index (κ3) is 12.6. The standard InChI is InChI=1S/C45H47N3O9/c1-5-21-55-43-36(39(50)23-29-9-13-33(14-10-29)45(54)56-22-6-2)20-17-34(42(43)57-27-28(3)4)25-38(49)31-11-7-30(8-12-31)24-40(51)37(26-41(47)52)48-44(53)32-15-18-35(46)19-16-32/h5-20,28,37H,1-2,21-27,46H2,3-4H3,(H2,47,52)(H,48,53)/t37-/m0/s1. The van der Waals surface area contributed by atoms with Crippen LogP contribution in [0.25, 0.3) is 0 Å². The summed E-state index contributed by atoms with van der Waals surface area (Å²) in [4.78, 5) is 77.4. The van der Waals surface area contributed by atoms with Gasteiger partial charge in [-0.15, -0.1) is 0 Å². The molecule has 0 aromatic heterocycles. The number of nitrogen functional groups attached to an aromatic ring is 1. The van der Waals surface area contributed by atoms with Gasteiger partial charge in [-0.2, -0.15) is 0 Å². The topological polar surface area (TPSA) is 194 Å². The van der Waals surface area contributed by atoms with Crippen LogP contribution in [0.2, 0.25) is 0 Å². The Bertz CT molecular complexity index is 2110. The quantitative estimate of drug-likeness (QED) is 0.0378. The highest BCUT2D eigenvalue weighted by atomic mass is 16.5. The molecular weight excluding hydrogens is 727 g/mol. The van der Waals surface area contributed by atoms with E-state index in [1.54, 1.807) is 78.9 Å². The summed E-state index contributed by atoms with van der Waals surface area (Å²) in [6.45, 7) is 11.7. The number of benzene rings is 4. The van der Waals surface area contributed by atoms with Gasteiger partial charge in [-0.3, -0.25) is 24.0 Å². The fourth-order valence-corrected chi connectivity index (χ4v) is 5.64. The molecule has 2 amide bonds. The maximum Gasteiger partial charge on any atom is 0.338 e. The van der Waals surface area contributed by atoms with Crippen molar-refractivity contribution in [2.24, 2.45) is 11.7 Å². The number of carbonyl (C=O) groups excluding carboxylic acids is 6. The number of nitrogens with two attached hydrogens (primary N) is 2. The van der Waals surface area contributed by atoms with Crippen LogP contribution in [0.15, 0.2) is 110 Å². The van der Waals surface area contributed by atoms with Crippen LogP contribution in [0.4, 0.5) is 5.69 Å². The Kier molecular flexibility index (Phi) is 15.6. The van der Waals surface area contributed by atoms with Gasteiger partial charge < -0.3 is 31.0 Å². The molecule has 4 aromatic rings. The Morgan fingerprint density at radius 1 is 0.684 bits per heavy atom. The zero-order chi connectivity index (χ0) is 41.5. The summed E-state index contributed by atoms with van der Waals surface area (Å²) in [7, 11) is 0. The van der Waals surface area contributed by atoms with E-state index < -0.39 is 29.6 Å². The molecule has 0 fully saturated rings. The van der Waals surface area contributed by atoms with Crippen molar-refractivity contribution in [3.63, 3.8) is 0 Å². The van der Waals surface area contributed by atoms with Crippen LogP contribution in [0, 0.1) is 5.92 Å². The molecule has 4 aromatic carbocycles. The second-order valence-electron chi connectivity index (χ2n) is 13.7. The van der Waals surface area contributed by atoms with E-state index in [2.05, 4.69) is 18.5 Å². The maximum atomic E-state index is 13.7. The van der Waals surface area contributed by atoms with Gasteiger partial charge in [0.05, 0.1) is 30.2 Å². The molecule has 1 atom stereocenters. The Hall–Kier alpha value is -6.82. The molecule has 0 aliphatic rings. The first-order valence-corrected chi connectivity index (χ1v) is 18.3. The van der Waals surface area contributed by atoms with Gasteiger partial charge in [-0.1, -0.05) is 81.6 Å². The molecule has 57 heavy (non-hydrogen) atoms. The molecule has 12 heteroatoms. The van der Waals surface area contributed by atoms with Gasteiger partial charge in [0.1, 0.15) is 13.2 Å². The highest BCUT2D eigenvalue weighted by Crippen LogP contribution is 2.37. The number of primary amides is 1. The number of ether oxygens (including phenoxy) is 3. The third-order valence-electron chi connectivity index (χ3n) is 8.56. The summed E-state index contributed by atoms with van der Waals surface area (Å²) in [5.41, 5.74) is 14.5. The lowest BCUT2D eigenvalue weighted by Crippen LogP contribution is -2.44. The molecular formula is C45H47N3O9. The van der Waals surface area contributed by atoms with E-state index in [0.717, 1.165) is 0 Å². The van der Waals surface area contributed by atoms with Crippen LogP contribution in [0.3, 0.4) is 0 Å². The average Bonchev–Trinajstić information content (AvgIpc) is 3.18. The van der Waals surface area contributed by atoms with Gasteiger partial charge in [-0.05, 0) is 59.5 Å². The molecule has 12 nitrogen and oxygen atoms in total. The Morgan fingerprint density at radius 3 is 1.88 bits per heavy atom. The number of esters is 1. The van der Waals surface area contributed by atoms with Crippen molar-refractivity contribution in [1.82, 2.24) is 5.32 Å². The first-order valence-electron chi connectivity index (χ1n) is 18.3. The number of hydrogen-bond donors (Lipinski definition) is 3. The number of amides is 2. The van der Waals surface area contributed by atoms with Crippen molar-refractivity contribution in [2.75, 3.05) is 25.6 Å². The Balaban J connectivity index is 1.52. The minimum atomic E-state index is -1.16. The van der Waals surface area contributed by atoms with Gasteiger partial charge in [0.15, 0.2) is 28.8 Å². The first kappa shape index (κ1) is 42.9. The molecule has 0 heterocycles. The zero-order valence-electron chi connectivity index (χ0n) is 32.1. The number of rotatable bonds is 22. The molecule has 0 saturated heterocycles. The molecule has 0 aliphatic carbocycles. The lowest BCUT2D eigenvalue weighted by molar-refractivity contribution is -0.125. The fourth-order valence-electron chi connectivity index (χ4n) is 5.64. The van der Waals surface area contributed by atoms with Crippen LogP contribution in [0.1, 0.15) is 78.4 Å². The van der Waals surface area contributed by atoms with E-state index in [9.17, 15) is 28.8 Å². The Morgan fingerprint density at radius 2 is 1.28 bits per heavy atom. The van der Waals surface area contributed by atoms with E-state index in [-0.39, 0.29) is 85.6 Å².